The highest BCUT2D eigenvalue weighted by atomic mass is 16.2. The molecule has 0 atom stereocenters. The predicted octanol–water partition coefficient (Wildman–Crippen LogP) is 6.66. The molecule has 2 heterocycles. The number of hydrogen-bond acceptors (Lipinski definition) is 4. The molecule has 0 bridgehead atoms. The fraction of sp³-hybridized carbons (Fsp3) is 0.343. The van der Waals surface area contributed by atoms with E-state index in [4.69, 9.17) is 5.73 Å². The van der Waals surface area contributed by atoms with Gasteiger partial charge < -0.3 is 10.6 Å². The van der Waals surface area contributed by atoms with Gasteiger partial charge in [0, 0.05) is 23.5 Å². The predicted molar refractivity (Wildman–Crippen MR) is 173 cm³/mol. The van der Waals surface area contributed by atoms with Crippen molar-refractivity contribution in [1.82, 2.24) is 15.1 Å². The van der Waals surface area contributed by atoms with Gasteiger partial charge in [-0.05, 0) is 74.2 Å². The molecule has 2 aliphatic rings. The molecule has 2 fully saturated rings. The molecule has 1 saturated heterocycles. The van der Waals surface area contributed by atoms with Crippen LogP contribution in [0.3, 0.4) is 0 Å². The smallest absolute Gasteiger partial charge is 0.237 e. The maximum absolute atomic E-state index is 12.0. The molecule has 3 aromatic carbocycles. The molecular weight excluding hydrogens is 522 g/mol. The van der Waals surface area contributed by atoms with Gasteiger partial charge >= 0.3 is 0 Å². The van der Waals surface area contributed by atoms with Crippen LogP contribution in [0.4, 0.5) is 5.69 Å². The van der Waals surface area contributed by atoms with Gasteiger partial charge in [0.1, 0.15) is 6.54 Å². The molecule has 220 valence electrons. The number of benzene rings is 3. The zero-order valence-electron chi connectivity index (χ0n) is 24.8. The first-order valence-electron chi connectivity index (χ1n) is 15.1. The summed E-state index contributed by atoms with van der Waals surface area (Å²) in [5, 5.41) is 8.62. The van der Waals surface area contributed by atoms with Crippen LogP contribution in [0.25, 0.3) is 23.1 Å². The summed E-state index contributed by atoms with van der Waals surface area (Å²) in [6.07, 6.45) is 10.1. The maximum atomic E-state index is 12.0. The van der Waals surface area contributed by atoms with Gasteiger partial charge in [0.25, 0.3) is 0 Å². The number of aromatic nitrogens is 2. The summed E-state index contributed by atoms with van der Waals surface area (Å²) in [5.74, 6) is -0.401. The Kier molecular flexibility index (Phi) is 11.5. The summed E-state index contributed by atoms with van der Waals surface area (Å²) in [4.78, 5) is 27.0. The minimum absolute atomic E-state index is 0.00463. The SMILES string of the molecule is C(=C\c1n[nH]c2ccccc12)/c1ccc(CN2CCCCC2)cc1.CC.NC(=O)CN(C(=O)C1CC1)c1ccccc1. The molecule has 0 radical (unpaired) electrons. The third-order valence-electron chi connectivity index (χ3n) is 7.34. The number of carbonyl (C=O) groups is 2. The van der Waals surface area contributed by atoms with Crippen molar-refractivity contribution < 1.29 is 9.59 Å². The Morgan fingerprint density at radius 2 is 1.57 bits per heavy atom. The number of piperidine rings is 1. The van der Waals surface area contributed by atoms with Crippen LogP contribution < -0.4 is 10.6 Å². The Labute approximate surface area is 249 Å². The number of hydrogen-bond donors (Lipinski definition) is 2. The number of amides is 2. The van der Waals surface area contributed by atoms with Gasteiger partial charge in [-0.2, -0.15) is 5.10 Å². The normalized spacial score (nSPS) is 14.9. The maximum Gasteiger partial charge on any atom is 0.237 e. The van der Waals surface area contributed by atoms with Crippen LogP contribution >= 0.6 is 0 Å². The highest BCUT2D eigenvalue weighted by Crippen LogP contribution is 2.32. The number of likely N-dealkylation sites (tertiary alicyclic amines) is 1. The van der Waals surface area contributed by atoms with Crippen LogP contribution in [0.5, 0.6) is 0 Å². The van der Waals surface area contributed by atoms with E-state index in [0.717, 1.165) is 41.7 Å². The third kappa shape index (κ3) is 8.88. The number of aromatic amines is 1. The van der Waals surface area contributed by atoms with Crippen molar-refractivity contribution in [1.29, 1.82) is 0 Å². The fourth-order valence-electron chi connectivity index (χ4n) is 5.01. The second-order valence-corrected chi connectivity index (χ2v) is 10.6. The molecule has 1 aliphatic heterocycles. The molecule has 0 unspecified atom stereocenters. The summed E-state index contributed by atoms with van der Waals surface area (Å²) in [6, 6.07) is 26.3. The monoisotopic (exact) mass is 565 g/mol. The lowest BCUT2D eigenvalue weighted by molar-refractivity contribution is -0.123. The number of primary amides is 1. The number of nitrogens with zero attached hydrogens (tertiary/aromatic N) is 3. The van der Waals surface area contributed by atoms with Crippen molar-refractivity contribution in [3.05, 3.63) is 95.7 Å². The Balaban J connectivity index is 0.000000196. The average Bonchev–Trinajstić information content (AvgIpc) is 3.81. The zero-order valence-corrected chi connectivity index (χ0v) is 24.8. The fourth-order valence-corrected chi connectivity index (χ4v) is 5.01. The number of carbonyl (C=O) groups excluding carboxylic acids is 2. The molecule has 2 amide bonds. The van der Waals surface area contributed by atoms with E-state index in [0.29, 0.717) is 0 Å². The van der Waals surface area contributed by atoms with Gasteiger partial charge in [0.15, 0.2) is 0 Å². The largest absolute Gasteiger partial charge is 0.368 e. The van der Waals surface area contributed by atoms with Crippen molar-refractivity contribution >= 4 is 40.6 Å². The van der Waals surface area contributed by atoms with Crippen molar-refractivity contribution in [2.45, 2.75) is 52.5 Å². The van der Waals surface area contributed by atoms with E-state index in [-0.39, 0.29) is 18.4 Å². The van der Waals surface area contributed by atoms with Gasteiger partial charge in [0.05, 0.1) is 11.2 Å². The Hall–Kier alpha value is -4.23. The minimum Gasteiger partial charge on any atom is -0.368 e. The molecule has 0 spiro atoms. The molecule has 1 aliphatic carbocycles. The molecule has 1 aromatic heterocycles. The Bertz CT molecular complexity index is 1440. The lowest BCUT2D eigenvalue weighted by Crippen LogP contribution is -2.39. The van der Waals surface area contributed by atoms with E-state index in [9.17, 15) is 9.59 Å². The summed E-state index contributed by atoms with van der Waals surface area (Å²) < 4.78 is 0. The minimum atomic E-state index is -0.488. The lowest BCUT2D eigenvalue weighted by Gasteiger charge is -2.26. The number of fused-ring (bicyclic) bond motifs is 1. The summed E-state index contributed by atoms with van der Waals surface area (Å²) in [7, 11) is 0. The summed E-state index contributed by atoms with van der Waals surface area (Å²) in [5.41, 5.74) is 10.6. The molecular formula is C35H43N5O2. The summed E-state index contributed by atoms with van der Waals surface area (Å²) in [6.45, 7) is 7.52. The Morgan fingerprint density at radius 1 is 0.905 bits per heavy atom. The first-order valence-corrected chi connectivity index (χ1v) is 15.1. The number of H-pyrrole nitrogens is 1. The van der Waals surface area contributed by atoms with E-state index in [1.54, 1.807) is 0 Å². The van der Waals surface area contributed by atoms with Crippen LogP contribution in [-0.4, -0.2) is 46.5 Å². The van der Waals surface area contributed by atoms with Crippen LogP contribution in [0.15, 0.2) is 78.9 Å². The van der Waals surface area contributed by atoms with Crippen molar-refractivity contribution in [2.75, 3.05) is 24.5 Å². The van der Waals surface area contributed by atoms with Crippen molar-refractivity contribution in [3.8, 4) is 0 Å². The first-order chi connectivity index (χ1) is 20.6. The molecule has 6 rings (SSSR count). The van der Waals surface area contributed by atoms with E-state index in [1.807, 2.05) is 56.3 Å². The van der Waals surface area contributed by atoms with E-state index in [1.165, 1.54) is 48.4 Å². The second-order valence-electron chi connectivity index (χ2n) is 10.6. The van der Waals surface area contributed by atoms with Gasteiger partial charge in [-0.25, -0.2) is 0 Å². The average molecular weight is 566 g/mol. The van der Waals surface area contributed by atoms with Gasteiger partial charge in [-0.15, -0.1) is 0 Å². The van der Waals surface area contributed by atoms with Crippen LogP contribution in [-0.2, 0) is 16.1 Å². The molecule has 42 heavy (non-hydrogen) atoms. The topological polar surface area (TPSA) is 95.3 Å². The molecule has 1 saturated carbocycles. The number of nitrogens with one attached hydrogen (secondary N) is 1. The van der Waals surface area contributed by atoms with E-state index < -0.39 is 5.91 Å². The quantitative estimate of drug-likeness (QED) is 0.250. The zero-order chi connectivity index (χ0) is 29.7. The highest BCUT2D eigenvalue weighted by Gasteiger charge is 2.34. The molecule has 3 N–H and O–H groups in total. The van der Waals surface area contributed by atoms with E-state index >= 15 is 0 Å². The second kappa shape index (κ2) is 15.7. The Morgan fingerprint density at radius 3 is 2.24 bits per heavy atom. The molecule has 7 nitrogen and oxygen atoms in total. The summed E-state index contributed by atoms with van der Waals surface area (Å²) >= 11 is 0. The van der Waals surface area contributed by atoms with Crippen molar-refractivity contribution in [3.63, 3.8) is 0 Å². The number of rotatable bonds is 8. The molecule has 4 aromatic rings. The van der Waals surface area contributed by atoms with Crippen molar-refractivity contribution in [2.24, 2.45) is 11.7 Å². The third-order valence-corrected chi connectivity index (χ3v) is 7.34. The lowest BCUT2D eigenvalue weighted by atomic mass is 10.1. The highest BCUT2D eigenvalue weighted by molar-refractivity contribution is 6.00. The van der Waals surface area contributed by atoms with Crippen LogP contribution in [0.2, 0.25) is 0 Å². The number of para-hydroxylation sites is 2. The number of nitrogens with two attached hydrogens (primary N) is 1. The van der Waals surface area contributed by atoms with Gasteiger partial charge in [0.2, 0.25) is 11.8 Å². The number of anilines is 1. The standard InChI is InChI=1S/C21H23N3.C12H14N2O2.C2H6/c1-4-14-24(15-5-1)16-18-10-8-17(9-11-18)12-13-21-19-6-2-3-7-20(19)22-23-21;13-11(15)8-14(12(16)9-6-7-9)10-4-2-1-3-5-10;1-2/h2-3,6-13H,1,4-5,14-16H2,(H,22,23);1-5,9H,6-8H2,(H2,13,15);1-2H3/b13-12+;;. The van der Waals surface area contributed by atoms with Gasteiger partial charge in [-0.1, -0.05) is 87.0 Å². The van der Waals surface area contributed by atoms with Gasteiger partial charge in [-0.3, -0.25) is 19.6 Å². The first kappa shape index (κ1) is 30.7. The molecule has 7 heteroatoms. The van der Waals surface area contributed by atoms with E-state index in [2.05, 4.69) is 63.6 Å². The van der Waals surface area contributed by atoms with Crippen LogP contribution in [0.1, 0.15) is 62.8 Å². The van der Waals surface area contributed by atoms with Crippen LogP contribution in [0, 0.1) is 5.92 Å².